The Bertz CT molecular complexity index is 397. The number of quaternary nitrogens is 3. The van der Waals surface area contributed by atoms with Crippen LogP contribution < -0.4 is 16.0 Å². The Labute approximate surface area is 102 Å². The maximum atomic E-state index is 4.35. The van der Waals surface area contributed by atoms with Gasteiger partial charge in [-0.05, 0) is 0 Å². The quantitative estimate of drug-likeness (QED) is 0.484. The van der Waals surface area contributed by atoms with E-state index < -0.39 is 0 Å². The van der Waals surface area contributed by atoms with Gasteiger partial charge in [0.1, 0.15) is 0 Å². The van der Waals surface area contributed by atoms with Crippen LogP contribution >= 0.6 is 0 Å². The normalized spacial score (nSPS) is 33.2. The molecule has 2 unspecified atom stereocenters. The predicted octanol–water partition coefficient (Wildman–Crippen LogP) is -2.30. The van der Waals surface area contributed by atoms with Gasteiger partial charge < -0.3 is 0 Å². The summed E-state index contributed by atoms with van der Waals surface area (Å²) in [5, 5.41) is 6.41. The molecule has 1 spiro atoms. The van der Waals surface area contributed by atoms with E-state index in [2.05, 4.69) is 44.8 Å². The molecule has 0 aromatic heterocycles. The molecule has 0 amide bonds. The molecule has 0 saturated carbocycles. The molecular weight excluding hydrogens is 216 g/mol. The largest absolute Gasteiger partial charge is 0.449 e. The molecule has 6 nitrogen and oxygen atoms in total. The van der Waals surface area contributed by atoms with E-state index in [0.717, 1.165) is 18.7 Å². The fourth-order valence-electron chi connectivity index (χ4n) is 2.12. The van der Waals surface area contributed by atoms with Gasteiger partial charge in [-0.2, -0.15) is 4.99 Å². The van der Waals surface area contributed by atoms with Crippen molar-refractivity contribution in [1.29, 1.82) is 0 Å². The molecule has 0 bridgehead atoms. The minimum absolute atomic E-state index is 0.185. The molecule has 0 fully saturated rings. The molecule has 3 rings (SSSR count). The maximum Gasteiger partial charge on any atom is 0.449 e. The zero-order valence-electron chi connectivity index (χ0n) is 11.1. The summed E-state index contributed by atoms with van der Waals surface area (Å²) in [5.74, 6) is 3.31. The van der Waals surface area contributed by atoms with Gasteiger partial charge in [0, 0.05) is 26.7 Å². The average Bonchev–Trinajstić information content (AvgIpc) is 2.17. The Hall–Kier alpha value is -1.11. The van der Waals surface area contributed by atoms with Crippen molar-refractivity contribution in [3.63, 3.8) is 0 Å². The third kappa shape index (κ3) is 2.59. The Balaban J connectivity index is 0.000000136. The molecule has 3 aliphatic heterocycles. The highest BCUT2D eigenvalue weighted by atomic mass is 15.6. The molecule has 0 aromatic rings. The van der Waals surface area contributed by atoms with Gasteiger partial charge in [0.2, 0.25) is 11.7 Å². The van der Waals surface area contributed by atoms with Crippen LogP contribution in [0.3, 0.4) is 0 Å². The van der Waals surface area contributed by atoms with Gasteiger partial charge in [0.25, 0.3) is 0 Å². The second-order valence-electron chi connectivity index (χ2n) is 4.69. The second-order valence-corrected chi connectivity index (χ2v) is 4.69. The number of hydrogen-bond acceptors (Lipinski definition) is 3. The predicted molar refractivity (Wildman–Crippen MR) is 66.5 cm³/mol. The summed E-state index contributed by atoms with van der Waals surface area (Å²) in [6.45, 7) is 8.29. The lowest BCUT2D eigenvalue weighted by Crippen LogP contribution is -3.28. The van der Waals surface area contributed by atoms with E-state index >= 15 is 0 Å². The highest BCUT2D eigenvalue weighted by Crippen LogP contribution is 2.05. The monoisotopic (exact) mass is 239 g/mol. The Morgan fingerprint density at radius 1 is 1.12 bits per heavy atom. The lowest BCUT2D eigenvalue weighted by molar-refractivity contribution is -0.898. The van der Waals surface area contributed by atoms with Crippen molar-refractivity contribution >= 4 is 17.5 Å². The zero-order chi connectivity index (χ0) is 12.5. The topological polar surface area (TPSA) is 86.9 Å². The standard InChI is InChI=1S/C6H10N4.C5H10N2/c1-3-5-9-6(10-5)7-4(2)8-6;1-3-5-6-4(2)7-5/h3H2,1-2H3,(H,7,8)(H,9,10);5H,3H2,1-2H3,(H,6,7)/p+3. The van der Waals surface area contributed by atoms with Crippen LogP contribution in [0.2, 0.25) is 0 Å². The van der Waals surface area contributed by atoms with E-state index in [4.69, 9.17) is 0 Å². The van der Waals surface area contributed by atoms with Crippen LogP contribution in [0.4, 0.5) is 0 Å². The van der Waals surface area contributed by atoms with Crippen LogP contribution in [0, 0.1) is 0 Å². The van der Waals surface area contributed by atoms with Crippen molar-refractivity contribution in [3.8, 4) is 0 Å². The van der Waals surface area contributed by atoms with Crippen LogP contribution in [0.5, 0.6) is 0 Å². The molecule has 3 heterocycles. The van der Waals surface area contributed by atoms with Crippen molar-refractivity contribution in [2.45, 2.75) is 52.6 Å². The van der Waals surface area contributed by atoms with Gasteiger partial charge in [0.15, 0.2) is 12.0 Å². The number of aliphatic imine (C=N–C) groups is 3. The fourth-order valence-corrected chi connectivity index (χ4v) is 2.12. The van der Waals surface area contributed by atoms with E-state index in [9.17, 15) is 0 Å². The molecule has 6 N–H and O–H groups in total. The van der Waals surface area contributed by atoms with Crippen LogP contribution in [-0.2, 0) is 0 Å². The molecule has 2 atom stereocenters. The SMILES string of the molecule is CCC1=NC2(N=C(C)[NH2+]2)[NH2+]1.CCC1N=C(C)[NH2+]1. The van der Waals surface area contributed by atoms with Gasteiger partial charge in [-0.3, -0.25) is 5.32 Å². The summed E-state index contributed by atoms with van der Waals surface area (Å²) in [7, 11) is 0. The van der Waals surface area contributed by atoms with Crippen molar-refractivity contribution in [3.05, 3.63) is 0 Å². The maximum absolute atomic E-state index is 4.35. The van der Waals surface area contributed by atoms with Crippen molar-refractivity contribution < 1.29 is 16.0 Å². The fraction of sp³-hybridized carbons (Fsp3) is 0.727. The first-order chi connectivity index (χ1) is 8.07. The lowest BCUT2D eigenvalue weighted by Gasteiger charge is -2.32. The van der Waals surface area contributed by atoms with E-state index in [1.54, 1.807) is 0 Å². The van der Waals surface area contributed by atoms with E-state index in [0.29, 0.717) is 6.17 Å². The van der Waals surface area contributed by atoms with Gasteiger partial charge in [-0.25, -0.2) is 10.6 Å². The Morgan fingerprint density at radius 2 is 1.71 bits per heavy atom. The molecule has 3 aliphatic rings. The molecule has 0 saturated heterocycles. The van der Waals surface area contributed by atoms with Gasteiger partial charge in [0.05, 0.1) is 0 Å². The first-order valence-electron chi connectivity index (χ1n) is 6.33. The van der Waals surface area contributed by atoms with Crippen LogP contribution in [0.25, 0.3) is 0 Å². The van der Waals surface area contributed by atoms with Crippen molar-refractivity contribution in [2.24, 2.45) is 15.0 Å². The van der Waals surface area contributed by atoms with E-state index in [-0.39, 0.29) is 5.91 Å². The second kappa shape index (κ2) is 4.64. The number of amidine groups is 3. The lowest BCUT2D eigenvalue weighted by atomic mass is 10.3. The molecule has 0 aromatic carbocycles. The van der Waals surface area contributed by atoms with Gasteiger partial charge in [-0.15, -0.1) is 0 Å². The average molecular weight is 239 g/mol. The summed E-state index contributed by atoms with van der Waals surface area (Å²) in [5.41, 5.74) is 0. The Morgan fingerprint density at radius 3 is 2.00 bits per heavy atom. The summed E-state index contributed by atoms with van der Waals surface area (Å²) in [4.78, 5) is 12.8. The third-order valence-corrected chi connectivity index (χ3v) is 3.06. The summed E-state index contributed by atoms with van der Waals surface area (Å²) < 4.78 is 0. The molecule has 94 valence electrons. The Kier molecular flexibility index (Phi) is 3.37. The summed E-state index contributed by atoms with van der Waals surface area (Å²) in [6.07, 6.45) is 2.75. The third-order valence-electron chi connectivity index (χ3n) is 3.06. The van der Waals surface area contributed by atoms with Crippen molar-refractivity contribution in [2.75, 3.05) is 0 Å². The zero-order valence-corrected chi connectivity index (χ0v) is 11.1. The van der Waals surface area contributed by atoms with Crippen molar-refractivity contribution in [1.82, 2.24) is 0 Å². The van der Waals surface area contributed by atoms with Crippen LogP contribution in [0.1, 0.15) is 40.5 Å². The van der Waals surface area contributed by atoms with E-state index in [1.165, 1.54) is 11.7 Å². The number of hydrogen-bond donors (Lipinski definition) is 3. The first kappa shape index (κ1) is 12.3. The number of rotatable bonds is 2. The minimum Gasteiger partial charge on any atom is -0.280 e. The van der Waals surface area contributed by atoms with Crippen LogP contribution in [-0.4, -0.2) is 29.6 Å². The molecular formula is C11H23N6+3. The highest BCUT2D eigenvalue weighted by Gasteiger charge is 2.54. The van der Waals surface area contributed by atoms with Gasteiger partial charge >= 0.3 is 5.91 Å². The highest BCUT2D eigenvalue weighted by molar-refractivity contribution is 5.79. The first-order valence-corrected chi connectivity index (χ1v) is 6.33. The number of nitrogens with zero attached hydrogens (tertiary/aromatic N) is 3. The van der Waals surface area contributed by atoms with Gasteiger partial charge in [-0.1, -0.05) is 23.8 Å². The number of nitrogens with two attached hydrogens (primary N) is 3. The smallest absolute Gasteiger partial charge is 0.280 e. The summed E-state index contributed by atoms with van der Waals surface area (Å²) in [6, 6.07) is 0. The molecule has 0 aliphatic carbocycles. The molecule has 0 radical (unpaired) electrons. The molecule has 6 heteroatoms. The van der Waals surface area contributed by atoms with E-state index in [1.807, 2.05) is 13.8 Å². The minimum atomic E-state index is -0.185. The summed E-state index contributed by atoms with van der Waals surface area (Å²) >= 11 is 0. The van der Waals surface area contributed by atoms with Crippen LogP contribution in [0.15, 0.2) is 15.0 Å². The molecule has 17 heavy (non-hydrogen) atoms.